The third kappa shape index (κ3) is 1.71. The highest BCUT2D eigenvalue weighted by atomic mass is 15.3. The van der Waals surface area contributed by atoms with Crippen molar-refractivity contribution >= 4 is 0 Å². The Kier molecular flexibility index (Phi) is 1.95. The molecule has 1 aliphatic rings. The minimum Gasteiger partial charge on any atom is -0.302 e. The summed E-state index contributed by atoms with van der Waals surface area (Å²) in [5.41, 5.74) is 1.52. The molecule has 56 valence electrons. The molecule has 0 bridgehead atoms. The van der Waals surface area contributed by atoms with Crippen molar-refractivity contribution in [2.75, 3.05) is 21.1 Å². The fourth-order valence-electron chi connectivity index (χ4n) is 1.15. The van der Waals surface area contributed by atoms with Crippen molar-refractivity contribution in [3.63, 3.8) is 0 Å². The summed E-state index contributed by atoms with van der Waals surface area (Å²) < 4.78 is 0.977. The maximum atomic E-state index is 2.23. The summed E-state index contributed by atoms with van der Waals surface area (Å²) in [5, 5.41) is 0. The lowest BCUT2D eigenvalue weighted by Crippen LogP contribution is -2.33. The smallest absolute Gasteiger partial charge is 0.108 e. The number of quaternary nitrogens is 1. The highest BCUT2D eigenvalue weighted by Gasteiger charge is 2.15. The van der Waals surface area contributed by atoms with Gasteiger partial charge in [0.25, 0.3) is 0 Å². The van der Waals surface area contributed by atoms with Crippen LogP contribution < -0.4 is 0 Å². The van der Waals surface area contributed by atoms with Crippen LogP contribution in [0.3, 0.4) is 0 Å². The third-order valence-corrected chi connectivity index (χ3v) is 1.85. The molecule has 0 N–H and O–H groups in total. The van der Waals surface area contributed by atoms with E-state index in [1.807, 2.05) is 0 Å². The Hall–Kier alpha value is -0.560. The van der Waals surface area contributed by atoms with Crippen molar-refractivity contribution in [1.82, 2.24) is 0 Å². The van der Waals surface area contributed by atoms with Crippen molar-refractivity contribution in [2.45, 2.75) is 12.8 Å². The second-order valence-electron chi connectivity index (χ2n) is 3.64. The van der Waals surface area contributed by atoms with Gasteiger partial charge >= 0.3 is 0 Å². The quantitative estimate of drug-likeness (QED) is 0.486. The first-order valence-corrected chi connectivity index (χ1v) is 3.78. The Bertz CT molecular complexity index is 170. The Labute approximate surface area is 63.2 Å². The number of allylic oxidation sites excluding steroid dienone is 4. The maximum Gasteiger partial charge on any atom is 0.108 e. The largest absolute Gasteiger partial charge is 0.302 e. The summed E-state index contributed by atoms with van der Waals surface area (Å²) in [7, 11) is 6.64. The van der Waals surface area contributed by atoms with Gasteiger partial charge in [-0.15, -0.1) is 0 Å². The zero-order chi connectivity index (χ0) is 7.61. The molecule has 0 heterocycles. The first kappa shape index (κ1) is 7.55. The molecule has 0 spiro atoms. The number of hydrogen-bond acceptors (Lipinski definition) is 0. The van der Waals surface area contributed by atoms with Crippen molar-refractivity contribution in [3.05, 3.63) is 23.9 Å². The summed E-state index contributed by atoms with van der Waals surface area (Å²) >= 11 is 0. The molecule has 0 unspecified atom stereocenters. The molecule has 0 aromatic rings. The molecule has 0 radical (unpaired) electrons. The summed E-state index contributed by atoms with van der Waals surface area (Å²) in [4.78, 5) is 0. The van der Waals surface area contributed by atoms with E-state index >= 15 is 0 Å². The molecule has 1 nitrogen and oxygen atoms in total. The van der Waals surface area contributed by atoms with Crippen LogP contribution in [0.5, 0.6) is 0 Å². The van der Waals surface area contributed by atoms with Gasteiger partial charge < -0.3 is 4.48 Å². The summed E-state index contributed by atoms with van der Waals surface area (Å²) in [6.45, 7) is 0. The van der Waals surface area contributed by atoms with E-state index in [1.54, 1.807) is 0 Å². The maximum absolute atomic E-state index is 2.23. The van der Waals surface area contributed by atoms with Gasteiger partial charge in [0, 0.05) is 6.42 Å². The molecular formula is C9H16N+. The van der Waals surface area contributed by atoms with Crippen LogP contribution in [0.1, 0.15) is 12.8 Å². The standard InChI is InChI=1S/C9H16N/c1-10(2,3)9-7-5-4-6-8-9/h4-5,7H,6,8H2,1-3H3/q+1. The third-order valence-electron chi connectivity index (χ3n) is 1.85. The second kappa shape index (κ2) is 2.59. The molecule has 10 heavy (non-hydrogen) atoms. The van der Waals surface area contributed by atoms with Crippen LogP contribution in [-0.4, -0.2) is 25.6 Å². The Morgan fingerprint density at radius 2 is 2.00 bits per heavy atom. The second-order valence-corrected chi connectivity index (χ2v) is 3.64. The average Bonchev–Trinajstić information content (AvgIpc) is 1.88. The van der Waals surface area contributed by atoms with Gasteiger partial charge in [0.1, 0.15) is 5.70 Å². The van der Waals surface area contributed by atoms with Crippen LogP contribution in [0.25, 0.3) is 0 Å². The van der Waals surface area contributed by atoms with Crippen LogP contribution in [0.4, 0.5) is 0 Å². The lowest BCUT2D eigenvalue weighted by atomic mass is 10.1. The Morgan fingerprint density at radius 3 is 2.30 bits per heavy atom. The molecule has 1 aliphatic carbocycles. The molecule has 0 amide bonds. The van der Waals surface area contributed by atoms with Crippen LogP contribution in [0, 0.1) is 0 Å². The van der Waals surface area contributed by atoms with E-state index in [-0.39, 0.29) is 0 Å². The molecule has 0 aromatic heterocycles. The SMILES string of the molecule is C[N+](C)(C)C1=CC=CCC1. The van der Waals surface area contributed by atoms with E-state index < -0.39 is 0 Å². The summed E-state index contributed by atoms with van der Waals surface area (Å²) in [5.74, 6) is 0. The van der Waals surface area contributed by atoms with E-state index in [4.69, 9.17) is 0 Å². The number of nitrogens with zero attached hydrogens (tertiary/aromatic N) is 1. The molecule has 0 saturated heterocycles. The molecular weight excluding hydrogens is 122 g/mol. The molecule has 0 atom stereocenters. The van der Waals surface area contributed by atoms with Gasteiger partial charge in [0.2, 0.25) is 0 Å². The molecule has 1 heteroatoms. The van der Waals surface area contributed by atoms with Crippen molar-refractivity contribution in [2.24, 2.45) is 0 Å². The van der Waals surface area contributed by atoms with E-state index in [0.29, 0.717) is 0 Å². The molecule has 1 rings (SSSR count). The summed E-state index contributed by atoms with van der Waals surface area (Å²) in [6.07, 6.45) is 9.03. The van der Waals surface area contributed by atoms with Gasteiger partial charge in [0.05, 0.1) is 21.1 Å². The lowest BCUT2D eigenvalue weighted by molar-refractivity contribution is -0.832. The monoisotopic (exact) mass is 138 g/mol. The first-order chi connectivity index (χ1) is 4.61. The minimum absolute atomic E-state index is 0.977. The van der Waals surface area contributed by atoms with E-state index in [0.717, 1.165) is 4.48 Å². The zero-order valence-corrected chi connectivity index (χ0v) is 7.09. The van der Waals surface area contributed by atoms with E-state index in [9.17, 15) is 0 Å². The van der Waals surface area contributed by atoms with E-state index in [1.165, 1.54) is 18.5 Å². The normalized spacial score (nSPS) is 18.9. The van der Waals surface area contributed by atoms with E-state index in [2.05, 4.69) is 39.4 Å². The van der Waals surface area contributed by atoms with Gasteiger partial charge in [-0.25, -0.2) is 0 Å². The minimum atomic E-state index is 0.977. The highest BCUT2D eigenvalue weighted by Crippen LogP contribution is 2.17. The fraction of sp³-hybridized carbons (Fsp3) is 0.556. The van der Waals surface area contributed by atoms with Crippen LogP contribution >= 0.6 is 0 Å². The number of rotatable bonds is 1. The zero-order valence-electron chi connectivity index (χ0n) is 7.09. The molecule has 0 saturated carbocycles. The molecule has 0 aliphatic heterocycles. The Balaban J connectivity index is 2.72. The van der Waals surface area contributed by atoms with Crippen LogP contribution in [-0.2, 0) is 0 Å². The van der Waals surface area contributed by atoms with Crippen LogP contribution in [0.15, 0.2) is 23.9 Å². The van der Waals surface area contributed by atoms with Gasteiger partial charge in [-0.05, 0) is 12.5 Å². The number of hydrogen-bond donors (Lipinski definition) is 0. The lowest BCUT2D eigenvalue weighted by Gasteiger charge is -2.27. The highest BCUT2D eigenvalue weighted by molar-refractivity contribution is 5.12. The van der Waals surface area contributed by atoms with Crippen molar-refractivity contribution in [3.8, 4) is 0 Å². The topological polar surface area (TPSA) is 0 Å². The predicted molar refractivity (Wildman–Crippen MR) is 44.5 cm³/mol. The molecule has 0 aromatic carbocycles. The van der Waals surface area contributed by atoms with Crippen molar-refractivity contribution in [1.29, 1.82) is 0 Å². The molecule has 0 fully saturated rings. The van der Waals surface area contributed by atoms with Crippen molar-refractivity contribution < 1.29 is 4.48 Å². The van der Waals surface area contributed by atoms with Crippen LogP contribution in [0.2, 0.25) is 0 Å². The van der Waals surface area contributed by atoms with Gasteiger partial charge in [-0.2, -0.15) is 0 Å². The van der Waals surface area contributed by atoms with Gasteiger partial charge in [-0.3, -0.25) is 0 Å². The average molecular weight is 138 g/mol. The predicted octanol–water partition coefficient (Wildman–Crippen LogP) is 1.93. The van der Waals surface area contributed by atoms with Gasteiger partial charge in [0.15, 0.2) is 0 Å². The van der Waals surface area contributed by atoms with Gasteiger partial charge in [-0.1, -0.05) is 12.2 Å². The fourth-order valence-corrected chi connectivity index (χ4v) is 1.15. The Morgan fingerprint density at radius 1 is 1.30 bits per heavy atom. The first-order valence-electron chi connectivity index (χ1n) is 3.78. The summed E-state index contributed by atoms with van der Waals surface area (Å²) in [6, 6.07) is 0.